The van der Waals surface area contributed by atoms with Crippen molar-refractivity contribution in [1.82, 2.24) is 25.4 Å². The highest BCUT2D eigenvalue weighted by molar-refractivity contribution is 5.79. The van der Waals surface area contributed by atoms with Crippen molar-refractivity contribution in [2.45, 2.75) is 58.5 Å². The van der Waals surface area contributed by atoms with Gasteiger partial charge in [0.1, 0.15) is 5.82 Å². The third kappa shape index (κ3) is 3.95. The van der Waals surface area contributed by atoms with Crippen LogP contribution < -0.4 is 10.6 Å². The van der Waals surface area contributed by atoms with Crippen LogP contribution in [0.1, 0.15) is 50.7 Å². The molecule has 0 saturated carbocycles. The average Bonchev–Trinajstić information content (AvgIpc) is 2.70. The summed E-state index contributed by atoms with van der Waals surface area (Å²) in [5, 5.41) is 15.2. The van der Waals surface area contributed by atoms with Crippen LogP contribution >= 0.6 is 0 Å². The van der Waals surface area contributed by atoms with Crippen LogP contribution in [0.3, 0.4) is 0 Å². The summed E-state index contributed by atoms with van der Waals surface area (Å²) in [5.74, 6) is 2.98. The fourth-order valence-electron chi connectivity index (χ4n) is 2.44. The van der Waals surface area contributed by atoms with Crippen LogP contribution in [0.4, 0.5) is 0 Å². The molecule has 6 heteroatoms. The Hall–Kier alpha value is -1.59. The zero-order valence-corrected chi connectivity index (χ0v) is 12.7. The van der Waals surface area contributed by atoms with E-state index in [2.05, 4.69) is 37.3 Å². The molecule has 0 unspecified atom stereocenters. The van der Waals surface area contributed by atoms with Gasteiger partial charge in [-0.15, -0.1) is 10.2 Å². The van der Waals surface area contributed by atoms with Crippen LogP contribution in [0.5, 0.6) is 0 Å². The standard InChI is InChI=1S/C14H26N6/c1-3-4-9-16-14(15-2)17-11-13-19-18-12-8-6-5-7-10-20(12)13/h3-11H2,1-2H3,(H2,15,16,17). The molecule has 1 aromatic rings. The molecular formula is C14H26N6. The number of hydrogen-bond donors (Lipinski definition) is 2. The number of nitrogens with one attached hydrogen (secondary N) is 2. The number of guanidine groups is 1. The molecule has 112 valence electrons. The number of aromatic nitrogens is 3. The molecule has 0 aromatic carbocycles. The monoisotopic (exact) mass is 278 g/mol. The normalized spacial score (nSPS) is 15.6. The van der Waals surface area contributed by atoms with Gasteiger partial charge in [-0.2, -0.15) is 0 Å². The zero-order valence-electron chi connectivity index (χ0n) is 12.7. The van der Waals surface area contributed by atoms with E-state index in [1.165, 1.54) is 25.7 Å². The maximum absolute atomic E-state index is 4.31. The van der Waals surface area contributed by atoms with Crippen molar-refractivity contribution >= 4 is 5.96 Å². The highest BCUT2D eigenvalue weighted by Crippen LogP contribution is 2.14. The average molecular weight is 278 g/mol. The van der Waals surface area contributed by atoms with Gasteiger partial charge in [0, 0.05) is 26.6 Å². The van der Waals surface area contributed by atoms with Crippen molar-refractivity contribution in [2.75, 3.05) is 13.6 Å². The third-order valence-electron chi connectivity index (χ3n) is 3.65. The van der Waals surface area contributed by atoms with Gasteiger partial charge in [0.15, 0.2) is 11.8 Å². The van der Waals surface area contributed by atoms with E-state index in [1.54, 1.807) is 7.05 Å². The predicted molar refractivity (Wildman–Crippen MR) is 80.7 cm³/mol. The van der Waals surface area contributed by atoms with Gasteiger partial charge < -0.3 is 15.2 Å². The molecule has 0 bridgehead atoms. The van der Waals surface area contributed by atoms with E-state index in [9.17, 15) is 0 Å². The number of nitrogens with zero attached hydrogens (tertiary/aromatic N) is 4. The van der Waals surface area contributed by atoms with Crippen LogP contribution in [0.15, 0.2) is 4.99 Å². The van der Waals surface area contributed by atoms with Crippen molar-refractivity contribution in [2.24, 2.45) is 4.99 Å². The molecule has 1 aliphatic heterocycles. The SMILES string of the molecule is CCCCNC(=NC)NCc1nnc2n1CCCCC2. The van der Waals surface area contributed by atoms with Crippen LogP contribution in [0, 0.1) is 0 Å². The second-order valence-electron chi connectivity index (χ2n) is 5.20. The number of hydrogen-bond acceptors (Lipinski definition) is 3. The highest BCUT2D eigenvalue weighted by Gasteiger charge is 2.14. The molecule has 2 rings (SSSR count). The van der Waals surface area contributed by atoms with E-state index in [1.807, 2.05) is 0 Å². The molecule has 0 radical (unpaired) electrons. The van der Waals surface area contributed by atoms with E-state index in [4.69, 9.17) is 0 Å². The molecule has 0 spiro atoms. The fraction of sp³-hybridized carbons (Fsp3) is 0.786. The van der Waals surface area contributed by atoms with Crippen LogP contribution in [0.2, 0.25) is 0 Å². The van der Waals surface area contributed by atoms with Gasteiger partial charge in [0.2, 0.25) is 0 Å². The molecule has 1 aliphatic rings. The summed E-state index contributed by atoms with van der Waals surface area (Å²) in [4.78, 5) is 4.23. The first kappa shape index (κ1) is 14.8. The van der Waals surface area contributed by atoms with Gasteiger partial charge in [-0.1, -0.05) is 19.8 Å². The van der Waals surface area contributed by atoms with E-state index in [-0.39, 0.29) is 0 Å². The lowest BCUT2D eigenvalue weighted by Gasteiger charge is -2.12. The minimum Gasteiger partial charge on any atom is -0.356 e. The summed E-state index contributed by atoms with van der Waals surface area (Å²) in [5.41, 5.74) is 0. The van der Waals surface area contributed by atoms with Gasteiger partial charge >= 0.3 is 0 Å². The largest absolute Gasteiger partial charge is 0.356 e. The Morgan fingerprint density at radius 1 is 1.25 bits per heavy atom. The summed E-state index contributed by atoms with van der Waals surface area (Å²) in [6.07, 6.45) is 7.13. The van der Waals surface area contributed by atoms with E-state index < -0.39 is 0 Å². The minimum atomic E-state index is 0.679. The van der Waals surface area contributed by atoms with Gasteiger partial charge in [-0.3, -0.25) is 4.99 Å². The van der Waals surface area contributed by atoms with Crippen LogP contribution in [-0.4, -0.2) is 34.3 Å². The summed E-state index contributed by atoms with van der Waals surface area (Å²) < 4.78 is 2.26. The molecule has 0 fully saturated rings. The highest BCUT2D eigenvalue weighted by atomic mass is 15.3. The topological polar surface area (TPSA) is 67.1 Å². The second-order valence-corrected chi connectivity index (χ2v) is 5.20. The quantitative estimate of drug-likeness (QED) is 0.486. The van der Waals surface area contributed by atoms with Gasteiger partial charge in [-0.05, 0) is 19.3 Å². The Morgan fingerprint density at radius 3 is 2.95 bits per heavy atom. The van der Waals surface area contributed by atoms with Crippen LogP contribution in [0.25, 0.3) is 0 Å². The van der Waals surface area contributed by atoms with Crippen molar-refractivity contribution in [1.29, 1.82) is 0 Å². The van der Waals surface area contributed by atoms with Crippen molar-refractivity contribution < 1.29 is 0 Å². The number of aryl methyl sites for hydroxylation is 1. The molecule has 0 atom stereocenters. The van der Waals surface area contributed by atoms with E-state index in [0.717, 1.165) is 43.5 Å². The van der Waals surface area contributed by atoms with Crippen molar-refractivity contribution in [3.63, 3.8) is 0 Å². The molecule has 0 aliphatic carbocycles. The Bertz CT molecular complexity index is 437. The minimum absolute atomic E-state index is 0.679. The van der Waals surface area contributed by atoms with E-state index in [0.29, 0.717) is 6.54 Å². The zero-order chi connectivity index (χ0) is 14.2. The lowest BCUT2D eigenvalue weighted by Crippen LogP contribution is -2.37. The maximum atomic E-state index is 4.31. The first-order valence-electron chi connectivity index (χ1n) is 7.70. The third-order valence-corrected chi connectivity index (χ3v) is 3.65. The number of fused-ring (bicyclic) bond motifs is 1. The van der Waals surface area contributed by atoms with E-state index >= 15 is 0 Å². The van der Waals surface area contributed by atoms with Crippen molar-refractivity contribution in [3.05, 3.63) is 11.6 Å². The molecule has 0 amide bonds. The summed E-state index contributed by atoms with van der Waals surface area (Å²) in [7, 11) is 1.80. The number of rotatable bonds is 5. The first-order chi connectivity index (χ1) is 9.85. The van der Waals surface area contributed by atoms with Gasteiger partial charge in [0.05, 0.1) is 6.54 Å². The summed E-state index contributed by atoms with van der Waals surface area (Å²) in [6, 6.07) is 0. The molecular weight excluding hydrogens is 252 g/mol. The molecule has 2 N–H and O–H groups in total. The first-order valence-corrected chi connectivity index (χ1v) is 7.70. The van der Waals surface area contributed by atoms with Crippen LogP contribution in [-0.2, 0) is 19.5 Å². The summed E-state index contributed by atoms with van der Waals surface area (Å²) >= 11 is 0. The second kappa shape index (κ2) is 7.87. The Morgan fingerprint density at radius 2 is 2.15 bits per heavy atom. The molecule has 0 saturated heterocycles. The molecule has 6 nitrogen and oxygen atoms in total. The predicted octanol–water partition coefficient (Wildman–Crippen LogP) is 1.47. The van der Waals surface area contributed by atoms with Gasteiger partial charge in [-0.25, -0.2) is 0 Å². The lowest BCUT2D eigenvalue weighted by molar-refractivity contribution is 0.596. The Balaban J connectivity index is 1.88. The van der Waals surface area contributed by atoms with Gasteiger partial charge in [0.25, 0.3) is 0 Å². The molecule has 2 heterocycles. The number of aliphatic imine (C=N–C) groups is 1. The Labute approximate surface area is 121 Å². The maximum Gasteiger partial charge on any atom is 0.191 e. The number of unbranched alkanes of at least 4 members (excludes halogenated alkanes) is 1. The Kier molecular flexibility index (Phi) is 5.83. The molecule has 1 aromatic heterocycles. The van der Waals surface area contributed by atoms with Crippen molar-refractivity contribution in [3.8, 4) is 0 Å². The fourth-order valence-corrected chi connectivity index (χ4v) is 2.44. The molecule has 20 heavy (non-hydrogen) atoms. The summed E-state index contributed by atoms with van der Waals surface area (Å²) in [6.45, 7) is 4.86. The lowest BCUT2D eigenvalue weighted by atomic mass is 10.2. The smallest absolute Gasteiger partial charge is 0.191 e.